The van der Waals surface area contributed by atoms with Crippen LogP contribution in [0.3, 0.4) is 0 Å². The van der Waals surface area contributed by atoms with Crippen molar-refractivity contribution in [2.24, 2.45) is 5.73 Å². The molecule has 0 spiro atoms. The number of hydrogen-bond donors (Lipinski definition) is 1. The topological polar surface area (TPSA) is 53.1 Å². The molecule has 1 aromatic heterocycles. The Bertz CT molecular complexity index is 360. The zero-order chi connectivity index (χ0) is 12.5. The van der Waals surface area contributed by atoms with Crippen molar-refractivity contribution in [1.29, 1.82) is 0 Å². The van der Waals surface area contributed by atoms with Gasteiger partial charge in [0, 0.05) is 13.2 Å². The Labute approximate surface area is 105 Å². The van der Waals surface area contributed by atoms with Gasteiger partial charge in [0.1, 0.15) is 0 Å². The van der Waals surface area contributed by atoms with E-state index >= 15 is 0 Å². The van der Waals surface area contributed by atoms with Crippen molar-refractivity contribution in [3.05, 3.63) is 16.4 Å². The molecule has 0 saturated carbocycles. The van der Waals surface area contributed by atoms with E-state index in [0.717, 1.165) is 10.2 Å². The maximum atomic E-state index is 6.25. The number of rotatable bonds is 4. The Morgan fingerprint density at radius 2 is 2.06 bits per heavy atom. The average Bonchev–Trinajstić information content (AvgIpc) is 2.59. The predicted molar refractivity (Wildman–Crippen MR) is 68.3 cm³/mol. The molecule has 1 atom stereocenters. The van der Waals surface area contributed by atoms with Gasteiger partial charge in [-0.1, -0.05) is 0 Å². The summed E-state index contributed by atoms with van der Waals surface area (Å²) in [5.74, 6) is 0. The van der Waals surface area contributed by atoms with E-state index in [1.807, 2.05) is 18.5 Å². The highest BCUT2D eigenvalue weighted by Gasteiger charge is 2.32. The molecule has 1 heterocycles. The quantitative estimate of drug-likeness (QED) is 0.927. The van der Waals surface area contributed by atoms with Gasteiger partial charge in [-0.3, -0.25) is 4.68 Å². The minimum atomic E-state index is -0.421. The zero-order valence-corrected chi connectivity index (χ0v) is 12.1. The molecule has 92 valence electrons. The summed E-state index contributed by atoms with van der Waals surface area (Å²) in [4.78, 5) is 0. The van der Waals surface area contributed by atoms with Crippen molar-refractivity contribution in [2.75, 3.05) is 7.11 Å². The molecule has 0 aliphatic heterocycles. The number of ether oxygens (including phenoxy) is 1. The fraction of sp³-hybridized carbons (Fsp3) is 0.727. The third-order valence-corrected chi connectivity index (χ3v) is 3.46. The molecule has 16 heavy (non-hydrogen) atoms. The zero-order valence-electron chi connectivity index (χ0n) is 10.5. The van der Waals surface area contributed by atoms with Gasteiger partial charge >= 0.3 is 0 Å². The lowest BCUT2D eigenvalue weighted by Crippen LogP contribution is -2.39. The standard InChI is InChI=1S/C11H20BrN3O/c1-7(2)15-9(8(12)6-14-15)10(13)11(3,4)16-5/h6-7,10H,13H2,1-5H3. The summed E-state index contributed by atoms with van der Waals surface area (Å²) in [7, 11) is 1.67. The minimum absolute atomic E-state index is 0.225. The van der Waals surface area contributed by atoms with Gasteiger partial charge in [-0.25, -0.2) is 0 Å². The van der Waals surface area contributed by atoms with E-state index in [-0.39, 0.29) is 12.1 Å². The molecular weight excluding hydrogens is 270 g/mol. The molecule has 1 unspecified atom stereocenters. The first-order valence-electron chi connectivity index (χ1n) is 5.35. The van der Waals surface area contributed by atoms with Crippen LogP contribution < -0.4 is 5.73 Å². The molecular formula is C11H20BrN3O. The smallest absolute Gasteiger partial charge is 0.0830 e. The van der Waals surface area contributed by atoms with E-state index in [1.54, 1.807) is 13.3 Å². The van der Waals surface area contributed by atoms with Crippen molar-refractivity contribution in [2.45, 2.75) is 45.4 Å². The van der Waals surface area contributed by atoms with E-state index in [9.17, 15) is 0 Å². The van der Waals surface area contributed by atoms with Gasteiger partial charge in [-0.2, -0.15) is 5.10 Å². The highest BCUT2D eigenvalue weighted by molar-refractivity contribution is 9.10. The van der Waals surface area contributed by atoms with Crippen LogP contribution in [-0.2, 0) is 4.74 Å². The normalized spacial score (nSPS) is 14.5. The van der Waals surface area contributed by atoms with Gasteiger partial charge in [0.05, 0.1) is 28.0 Å². The third-order valence-electron chi connectivity index (χ3n) is 2.85. The van der Waals surface area contributed by atoms with Crippen LogP contribution in [0.25, 0.3) is 0 Å². The molecule has 0 radical (unpaired) electrons. The lowest BCUT2D eigenvalue weighted by Gasteiger charge is -2.31. The summed E-state index contributed by atoms with van der Waals surface area (Å²) < 4.78 is 8.28. The van der Waals surface area contributed by atoms with Crippen LogP contribution in [0, 0.1) is 0 Å². The molecule has 1 rings (SSSR count). The maximum Gasteiger partial charge on any atom is 0.0830 e. The van der Waals surface area contributed by atoms with Crippen molar-refractivity contribution < 1.29 is 4.74 Å². The summed E-state index contributed by atoms with van der Waals surface area (Å²) in [5, 5.41) is 4.32. The lowest BCUT2D eigenvalue weighted by atomic mass is 9.96. The van der Waals surface area contributed by atoms with Crippen LogP contribution in [0.1, 0.15) is 45.5 Å². The van der Waals surface area contributed by atoms with Gasteiger partial charge in [0.15, 0.2) is 0 Å². The molecule has 0 fully saturated rings. The fourth-order valence-corrected chi connectivity index (χ4v) is 2.03. The largest absolute Gasteiger partial charge is 0.377 e. The first kappa shape index (κ1) is 13.7. The molecule has 1 aromatic rings. The summed E-state index contributed by atoms with van der Waals surface area (Å²) in [6, 6.07) is 0.0526. The van der Waals surface area contributed by atoms with Gasteiger partial charge in [-0.05, 0) is 43.6 Å². The van der Waals surface area contributed by atoms with E-state index in [0.29, 0.717) is 0 Å². The average molecular weight is 290 g/mol. The summed E-state index contributed by atoms with van der Waals surface area (Å²) >= 11 is 3.49. The molecule has 0 amide bonds. The SMILES string of the molecule is COC(C)(C)C(N)c1c(Br)cnn1C(C)C. The van der Waals surface area contributed by atoms with Crippen molar-refractivity contribution in [1.82, 2.24) is 9.78 Å². The fourth-order valence-electron chi connectivity index (χ4n) is 1.51. The summed E-state index contributed by atoms with van der Waals surface area (Å²) in [6.07, 6.45) is 1.78. The number of aromatic nitrogens is 2. The van der Waals surface area contributed by atoms with E-state index in [1.165, 1.54) is 0 Å². The van der Waals surface area contributed by atoms with Gasteiger partial charge in [0.25, 0.3) is 0 Å². The monoisotopic (exact) mass is 289 g/mol. The number of nitrogens with zero attached hydrogens (tertiary/aromatic N) is 2. The number of methoxy groups -OCH3 is 1. The number of halogens is 1. The van der Waals surface area contributed by atoms with Crippen LogP contribution in [0.5, 0.6) is 0 Å². The van der Waals surface area contributed by atoms with Crippen LogP contribution in [0.15, 0.2) is 10.7 Å². The van der Waals surface area contributed by atoms with Gasteiger partial charge < -0.3 is 10.5 Å². The van der Waals surface area contributed by atoms with E-state index in [2.05, 4.69) is 34.9 Å². The van der Waals surface area contributed by atoms with Gasteiger partial charge in [-0.15, -0.1) is 0 Å². The minimum Gasteiger partial charge on any atom is -0.377 e. The predicted octanol–water partition coefficient (Wildman–Crippen LogP) is 2.65. The molecule has 2 N–H and O–H groups in total. The lowest BCUT2D eigenvalue weighted by molar-refractivity contribution is -0.00265. The molecule has 5 heteroatoms. The van der Waals surface area contributed by atoms with E-state index in [4.69, 9.17) is 10.5 Å². The van der Waals surface area contributed by atoms with Crippen LogP contribution in [-0.4, -0.2) is 22.5 Å². The second-order valence-corrected chi connectivity index (χ2v) is 5.56. The second-order valence-electron chi connectivity index (χ2n) is 4.70. The summed E-state index contributed by atoms with van der Waals surface area (Å²) in [6.45, 7) is 8.11. The highest BCUT2D eigenvalue weighted by atomic mass is 79.9. The Kier molecular flexibility index (Phi) is 4.15. The Hall–Kier alpha value is -0.390. The molecule has 0 aromatic carbocycles. The maximum absolute atomic E-state index is 6.25. The second kappa shape index (κ2) is 4.85. The number of hydrogen-bond acceptors (Lipinski definition) is 3. The van der Waals surface area contributed by atoms with Crippen molar-refractivity contribution in [3.63, 3.8) is 0 Å². The molecule has 4 nitrogen and oxygen atoms in total. The highest BCUT2D eigenvalue weighted by Crippen LogP contribution is 2.32. The van der Waals surface area contributed by atoms with Crippen LogP contribution in [0.2, 0.25) is 0 Å². The summed E-state index contributed by atoms with van der Waals surface area (Å²) in [5.41, 5.74) is 6.80. The molecule has 0 aliphatic carbocycles. The molecule has 0 bridgehead atoms. The molecule has 0 aliphatic rings. The van der Waals surface area contributed by atoms with E-state index < -0.39 is 5.60 Å². The third kappa shape index (κ3) is 2.47. The first-order valence-corrected chi connectivity index (χ1v) is 6.14. The van der Waals surface area contributed by atoms with Gasteiger partial charge in [0.2, 0.25) is 0 Å². The Balaban J connectivity index is 3.17. The number of nitrogens with two attached hydrogens (primary N) is 1. The molecule has 0 saturated heterocycles. The Morgan fingerprint density at radius 3 is 2.50 bits per heavy atom. The van der Waals surface area contributed by atoms with Crippen LogP contribution in [0.4, 0.5) is 0 Å². The van der Waals surface area contributed by atoms with Crippen molar-refractivity contribution in [3.8, 4) is 0 Å². The Morgan fingerprint density at radius 1 is 1.50 bits per heavy atom. The van der Waals surface area contributed by atoms with Crippen molar-refractivity contribution >= 4 is 15.9 Å². The first-order chi connectivity index (χ1) is 7.31. The van der Waals surface area contributed by atoms with Crippen LogP contribution >= 0.6 is 15.9 Å².